The highest BCUT2D eigenvalue weighted by molar-refractivity contribution is 7.99. The van der Waals surface area contributed by atoms with Crippen LogP contribution in [0.5, 0.6) is 0 Å². The summed E-state index contributed by atoms with van der Waals surface area (Å²) in [7, 11) is 1.26. The molecule has 0 spiro atoms. The first-order chi connectivity index (χ1) is 15.5. The third-order valence-corrected chi connectivity index (χ3v) is 6.52. The molecule has 0 aliphatic carbocycles. The van der Waals surface area contributed by atoms with Crippen molar-refractivity contribution >= 4 is 62.5 Å². The SMILES string of the molecule is COC(=O)c1ccc(Cl)cc1NC(=O)CSc1nc2ccsc2c(=O)n1-c1ccccc1. The van der Waals surface area contributed by atoms with Crippen LogP contribution < -0.4 is 10.9 Å². The number of hydrogen-bond donors (Lipinski definition) is 1. The highest BCUT2D eigenvalue weighted by Gasteiger charge is 2.18. The van der Waals surface area contributed by atoms with E-state index in [1.807, 2.05) is 23.6 Å². The zero-order valence-electron chi connectivity index (χ0n) is 16.7. The number of carbonyl (C=O) groups excluding carboxylic acids is 2. The molecule has 0 fully saturated rings. The van der Waals surface area contributed by atoms with Gasteiger partial charge in [0, 0.05) is 5.02 Å². The van der Waals surface area contributed by atoms with E-state index in [4.69, 9.17) is 16.3 Å². The third kappa shape index (κ3) is 4.55. The van der Waals surface area contributed by atoms with Crippen LogP contribution in [0.4, 0.5) is 5.69 Å². The number of rotatable bonds is 6. The zero-order chi connectivity index (χ0) is 22.7. The summed E-state index contributed by atoms with van der Waals surface area (Å²) in [6, 6.07) is 15.4. The molecular weight excluding hydrogens is 470 g/mol. The summed E-state index contributed by atoms with van der Waals surface area (Å²) >= 11 is 8.46. The third-order valence-electron chi connectivity index (χ3n) is 4.46. The highest BCUT2D eigenvalue weighted by atomic mass is 35.5. The number of carbonyl (C=O) groups is 2. The second kappa shape index (κ2) is 9.56. The molecule has 2 heterocycles. The predicted molar refractivity (Wildman–Crippen MR) is 127 cm³/mol. The molecule has 32 heavy (non-hydrogen) atoms. The molecule has 2 aromatic carbocycles. The molecule has 1 amide bonds. The van der Waals surface area contributed by atoms with Crippen molar-refractivity contribution in [2.75, 3.05) is 18.2 Å². The maximum absolute atomic E-state index is 13.1. The van der Waals surface area contributed by atoms with E-state index in [1.165, 1.54) is 41.2 Å². The Morgan fingerprint density at radius 2 is 1.97 bits per heavy atom. The lowest BCUT2D eigenvalue weighted by Crippen LogP contribution is -2.22. The Morgan fingerprint density at radius 3 is 2.72 bits per heavy atom. The van der Waals surface area contributed by atoms with Crippen LogP contribution in [0.25, 0.3) is 15.9 Å². The fourth-order valence-corrected chi connectivity index (χ4v) is 4.76. The standard InChI is InChI=1S/C22H16ClN3O4S2/c1-30-21(29)15-8-7-13(23)11-17(15)24-18(27)12-32-22-25-16-9-10-31-19(16)20(28)26(22)14-5-3-2-4-6-14/h2-11H,12H2,1H3,(H,24,27). The number of esters is 1. The Balaban J connectivity index is 1.62. The molecule has 0 aliphatic rings. The van der Waals surface area contributed by atoms with E-state index < -0.39 is 5.97 Å². The minimum atomic E-state index is -0.591. The van der Waals surface area contributed by atoms with E-state index in [9.17, 15) is 14.4 Å². The monoisotopic (exact) mass is 485 g/mol. The smallest absolute Gasteiger partial charge is 0.339 e. The lowest BCUT2D eigenvalue weighted by Gasteiger charge is -2.13. The van der Waals surface area contributed by atoms with Gasteiger partial charge in [-0.25, -0.2) is 9.78 Å². The number of hydrogen-bond acceptors (Lipinski definition) is 7. The van der Waals surface area contributed by atoms with Crippen molar-refractivity contribution < 1.29 is 14.3 Å². The molecule has 1 N–H and O–H groups in total. The fraction of sp³-hybridized carbons (Fsp3) is 0.0909. The van der Waals surface area contributed by atoms with Crippen molar-refractivity contribution in [3.63, 3.8) is 0 Å². The van der Waals surface area contributed by atoms with E-state index >= 15 is 0 Å². The number of thioether (sulfide) groups is 1. The van der Waals surface area contributed by atoms with Crippen LogP contribution in [-0.4, -0.2) is 34.3 Å². The number of benzene rings is 2. The molecule has 4 aromatic rings. The average Bonchev–Trinajstić information content (AvgIpc) is 3.27. The topological polar surface area (TPSA) is 90.3 Å². The Labute approximate surface area is 196 Å². The second-order valence-electron chi connectivity index (χ2n) is 6.52. The normalized spacial score (nSPS) is 10.8. The van der Waals surface area contributed by atoms with E-state index in [0.29, 0.717) is 26.1 Å². The summed E-state index contributed by atoms with van der Waals surface area (Å²) in [6.45, 7) is 0. The first-order valence-corrected chi connectivity index (χ1v) is 11.6. The number of amides is 1. The van der Waals surface area contributed by atoms with Crippen LogP contribution in [-0.2, 0) is 9.53 Å². The van der Waals surface area contributed by atoms with Crippen molar-refractivity contribution in [3.05, 3.63) is 80.9 Å². The molecule has 0 aliphatic heterocycles. The molecule has 4 rings (SSSR count). The Hall–Kier alpha value is -3.14. The van der Waals surface area contributed by atoms with Gasteiger partial charge < -0.3 is 10.1 Å². The number of nitrogens with zero attached hydrogens (tertiary/aromatic N) is 2. The van der Waals surface area contributed by atoms with Gasteiger partial charge in [0.25, 0.3) is 5.56 Å². The van der Waals surface area contributed by atoms with Crippen LogP contribution in [0, 0.1) is 0 Å². The Morgan fingerprint density at radius 1 is 1.19 bits per heavy atom. The van der Waals surface area contributed by atoms with Crippen LogP contribution in [0.15, 0.2) is 69.9 Å². The Kier molecular flexibility index (Phi) is 6.59. The van der Waals surface area contributed by atoms with Crippen molar-refractivity contribution in [3.8, 4) is 5.69 Å². The number of fused-ring (bicyclic) bond motifs is 1. The maximum Gasteiger partial charge on any atom is 0.339 e. The van der Waals surface area contributed by atoms with Gasteiger partial charge in [0.05, 0.1) is 35.3 Å². The molecular formula is C22H16ClN3O4S2. The van der Waals surface area contributed by atoms with Gasteiger partial charge in [0.2, 0.25) is 5.91 Å². The molecule has 0 bridgehead atoms. The lowest BCUT2D eigenvalue weighted by atomic mass is 10.2. The van der Waals surface area contributed by atoms with Gasteiger partial charge in [-0.05, 0) is 41.8 Å². The molecule has 0 radical (unpaired) electrons. The van der Waals surface area contributed by atoms with Crippen LogP contribution in [0.1, 0.15) is 10.4 Å². The van der Waals surface area contributed by atoms with E-state index in [2.05, 4.69) is 10.3 Å². The lowest BCUT2D eigenvalue weighted by molar-refractivity contribution is -0.113. The highest BCUT2D eigenvalue weighted by Crippen LogP contribution is 2.25. The first kappa shape index (κ1) is 22.1. The second-order valence-corrected chi connectivity index (χ2v) is 8.82. The molecule has 0 saturated heterocycles. The summed E-state index contributed by atoms with van der Waals surface area (Å²) in [5.41, 5.74) is 1.48. The van der Waals surface area contributed by atoms with Crippen molar-refractivity contribution in [2.45, 2.75) is 5.16 Å². The van der Waals surface area contributed by atoms with Crippen LogP contribution in [0.3, 0.4) is 0 Å². The Bertz CT molecular complexity index is 1370. The van der Waals surface area contributed by atoms with Gasteiger partial charge in [-0.1, -0.05) is 41.6 Å². The van der Waals surface area contributed by atoms with Crippen molar-refractivity contribution in [1.82, 2.24) is 9.55 Å². The molecule has 7 nitrogen and oxygen atoms in total. The van der Waals surface area contributed by atoms with E-state index in [1.54, 1.807) is 18.2 Å². The number of para-hydroxylation sites is 1. The quantitative estimate of drug-likeness (QED) is 0.243. The molecule has 10 heteroatoms. The van der Waals surface area contributed by atoms with Gasteiger partial charge in [-0.15, -0.1) is 11.3 Å². The summed E-state index contributed by atoms with van der Waals surface area (Å²) in [6.07, 6.45) is 0. The molecule has 0 saturated carbocycles. The fourth-order valence-electron chi connectivity index (χ4n) is 3.02. The molecule has 2 aromatic heterocycles. The van der Waals surface area contributed by atoms with Gasteiger partial charge in [-0.3, -0.25) is 14.2 Å². The van der Waals surface area contributed by atoms with Crippen molar-refractivity contribution in [2.24, 2.45) is 0 Å². The minimum absolute atomic E-state index is 0.0396. The van der Waals surface area contributed by atoms with Crippen LogP contribution >= 0.6 is 34.7 Å². The van der Waals surface area contributed by atoms with Crippen LogP contribution in [0.2, 0.25) is 5.02 Å². The number of halogens is 1. The summed E-state index contributed by atoms with van der Waals surface area (Å²) in [4.78, 5) is 42.3. The number of thiophene rings is 1. The predicted octanol–water partition coefficient (Wildman–Crippen LogP) is 4.62. The summed E-state index contributed by atoms with van der Waals surface area (Å²) in [5.74, 6) is -1.02. The molecule has 162 valence electrons. The van der Waals surface area contributed by atoms with E-state index in [0.717, 1.165) is 11.8 Å². The molecule has 0 unspecified atom stereocenters. The summed E-state index contributed by atoms with van der Waals surface area (Å²) < 4.78 is 6.79. The minimum Gasteiger partial charge on any atom is -0.465 e. The van der Waals surface area contributed by atoms with E-state index in [-0.39, 0.29) is 28.5 Å². The first-order valence-electron chi connectivity index (χ1n) is 9.34. The largest absolute Gasteiger partial charge is 0.465 e. The van der Waals surface area contributed by atoms with Gasteiger partial charge in [-0.2, -0.15) is 0 Å². The number of methoxy groups -OCH3 is 1. The maximum atomic E-state index is 13.1. The number of ether oxygens (including phenoxy) is 1. The average molecular weight is 486 g/mol. The molecule has 0 atom stereocenters. The number of anilines is 1. The zero-order valence-corrected chi connectivity index (χ0v) is 19.1. The van der Waals surface area contributed by atoms with Gasteiger partial charge >= 0.3 is 5.97 Å². The van der Waals surface area contributed by atoms with Crippen molar-refractivity contribution in [1.29, 1.82) is 0 Å². The van der Waals surface area contributed by atoms with Gasteiger partial charge in [0.1, 0.15) is 4.70 Å². The number of nitrogens with one attached hydrogen (secondary N) is 1. The summed E-state index contributed by atoms with van der Waals surface area (Å²) in [5, 5.41) is 5.25. The number of aromatic nitrogens is 2. The van der Waals surface area contributed by atoms with Gasteiger partial charge in [0.15, 0.2) is 5.16 Å².